The summed E-state index contributed by atoms with van der Waals surface area (Å²) in [5.41, 5.74) is 3.91. The summed E-state index contributed by atoms with van der Waals surface area (Å²) < 4.78 is 5.29. The highest BCUT2D eigenvalue weighted by molar-refractivity contribution is 5.32. The van der Waals surface area contributed by atoms with Crippen molar-refractivity contribution in [1.82, 2.24) is 5.32 Å². The van der Waals surface area contributed by atoms with E-state index in [1.54, 1.807) is 7.11 Å². The third-order valence-corrected chi connectivity index (χ3v) is 3.75. The summed E-state index contributed by atoms with van der Waals surface area (Å²) in [5.74, 6) is 0.902. The van der Waals surface area contributed by atoms with E-state index in [9.17, 15) is 0 Å². The summed E-state index contributed by atoms with van der Waals surface area (Å²) >= 11 is 0. The van der Waals surface area contributed by atoms with Gasteiger partial charge in [0.15, 0.2) is 0 Å². The van der Waals surface area contributed by atoms with Crippen LogP contribution in [0.25, 0.3) is 0 Å². The van der Waals surface area contributed by atoms with Crippen LogP contribution >= 0.6 is 0 Å². The first-order valence-corrected chi connectivity index (χ1v) is 7.07. The predicted octanol–water partition coefficient (Wildman–Crippen LogP) is 4.42. The lowest BCUT2D eigenvalue weighted by Gasteiger charge is -2.22. The Hall–Kier alpha value is -1.80. The highest BCUT2D eigenvalue weighted by Gasteiger charge is 2.12. The Morgan fingerprint density at radius 3 is 2.40 bits per heavy atom. The zero-order valence-corrected chi connectivity index (χ0v) is 12.7. The van der Waals surface area contributed by atoms with Crippen molar-refractivity contribution >= 4 is 0 Å². The van der Waals surface area contributed by atoms with Crippen molar-refractivity contribution in [2.24, 2.45) is 0 Å². The topological polar surface area (TPSA) is 21.3 Å². The lowest BCUT2D eigenvalue weighted by Crippen LogP contribution is -2.23. The molecule has 0 amide bonds. The number of hydrogen-bond acceptors (Lipinski definition) is 2. The molecule has 0 aromatic heterocycles. The van der Waals surface area contributed by atoms with E-state index in [1.807, 2.05) is 12.1 Å². The number of hydrogen-bond donors (Lipinski definition) is 1. The molecule has 0 saturated carbocycles. The van der Waals surface area contributed by atoms with Gasteiger partial charge in [0.2, 0.25) is 0 Å². The Balaban J connectivity index is 2.11. The van der Waals surface area contributed by atoms with Crippen LogP contribution in [0.3, 0.4) is 0 Å². The van der Waals surface area contributed by atoms with E-state index in [4.69, 9.17) is 4.74 Å². The Kier molecular flexibility index (Phi) is 4.80. The molecule has 2 heteroatoms. The lowest BCUT2D eigenvalue weighted by atomic mass is 10.0. The van der Waals surface area contributed by atoms with Gasteiger partial charge < -0.3 is 10.1 Å². The third-order valence-electron chi connectivity index (χ3n) is 3.75. The van der Waals surface area contributed by atoms with Crippen LogP contribution in [0, 0.1) is 6.92 Å². The molecule has 2 atom stereocenters. The molecule has 0 heterocycles. The number of ether oxygens (including phenoxy) is 1. The first kappa shape index (κ1) is 14.6. The van der Waals surface area contributed by atoms with Gasteiger partial charge in [0.25, 0.3) is 0 Å². The highest BCUT2D eigenvalue weighted by atomic mass is 16.5. The molecule has 2 nitrogen and oxygen atoms in total. The number of nitrogens with one attached hydrogen (secondary N) is 1. The molecule has 1 N–H and O–H groups in total. The molecule has 2 aromatic carbocycles. The van der Waals surface area contributed by atoms with Crippen LogP contribution < -0.4 is 10.1 Å². The molecule has 0 radical (unpaired) electrons. The molecule has 0 aliphatic rings. The molecule has 2 aromatic rings. The Morgan fingerprint density at radius 2 is 1.70 bits per heavy atom. The third kappa shape index (κ3) is 3.40. The smallest absolute Gasteiger partial charge is 0.119 e. The molecule has 0 aliphatic carbocycles. The minimum atomic E-state index is 0.278. The van der Waals surface area contributed by atoms with Crippen molar-refractivity contribution < 1.29 is 4.74 Å². The average molecular weight is 269 g/mol. The summed E-state index contributed by atoms with van der Waals surface area (Å²) in [6.45, 7) is 6.55. The fraction of sp³-hybridized carbons (Fsp3) is 0.333. The monoisotopic (exact) mass is 269 g/mol. The van der Waals surface area contributed by atoms with Crippen LogP contribution in [-0.4, -0.2) is 7.11 Å². The van der Waals surface area contributed by atoms with Crippen molar-refractivity contribution in [2.45, 2.75) is 32.9 Å². The maximum absolute atomic E-state index is 5.29. The van der Waals surface area contributed by atoms with Gasteiger partial charge in [-0.05, 0) is 49.6 Å². The Labute approximate surface area is 121 Å². The van der Waals surface area contributed by atoms with Crippen LogP contribution in [0.1, 0.15) is 42.6 Å². The largest absolute Gasteiger partial charge is 0.497 e. The lowest BCUT2D eigenvalue weighted by molar-refractivity contribution is 0.412. The maximum atomic E-state index is 5.29. The molecule has 0 bridgehead atoms. The van der Waals surface area contributed by atoms with Crippen molar-refractivity contribution in [2.75, 3.05) is 7.11 Å². The quantitative estimate of drug-likeness (QED) is 0.867. The van der Waals surface area contributed by atoms with Crippen molar-refractivity contribution in [1.29, 1.82) is 0 Å². The predicted molar refractivity (Wildman–Crippen MR) is 84.1 cm³/mol. The fourth-order valence-electron chi connectivity index (χ4n) is 2.54. The second-order valence-electron chi connectivity index (χ2n) is 5.24. The Bertz CT molecular complexity index is 565. The molecule has 0 aliphatic heterocycles. The van der Waals surface area contributed by atoms with E-state index in [1.165, 1.54) is 16.7 Å². The molecular formula is C18H23NO. The van der Waals surface area contributed by atoms with E-state index < -0.39 is 0 Å². The molecule has 0 fully saturated rings. The van der Waals surface area contributed by atoms with E-state index in [0.29, 0.717) is 6.04 Å². The van der Waals surface area contributed by atoms with Crippen molar-refractivity contribution in [3.05, 3.63) is 65.2 Å². The molecule has 2 rings (SSSR count). The number of rotatable bonds is 5. The number of aryl methyl sites for hydroxylation is 1. The van der Waals surface area contributed by atoms with Gasteiger partial charge in [0.1, 0.15) is 5.75 Å². The van der Waals surface area contributed by atoms with Crippen LogP contribution in [-0.2, 0) is 0 Å². The van der Waals surface area contributed by atoms with Gasteiger partial charge in [0.05, 0.1) is 7.11 Å². The summed E-state index contributed by atoms with van der Waals surface area (Å²) in [6.07, 6.45) is 0. The Morgan fingerprint density at radius 1 is 0.950 bits per heavy atom. The molecule has 1 unspecified atom stereocenters. The minimum Gasteiger partial charge on any atom is -0.497 e. The normalized spacial score (nSPS) is 13.8. The van der Waals surface area contributed by atoms with Gasteiger partial charge in [-0.15, -0.1) is 0 Å². The minimum absolute atomic E-state index is 0.278. The summed E-state index contributed by atoms with van der Waals surface area (Å²) in [4.78, 5) is 0. The molecule has 0 saturated heterocycles. The van der Waals surface area contributed by atoms with E-state index in [0.717, 1.165) is 5.75 Å². The molecule has 106 valence electrons. The standard InChI is InChI=1S/C18H23NO/c1-13-8-5-6-11-18(13)15(3)19-14(2)16-9-7-10-17(12-16)20-4/h5-12,14-15,19H,1-4H3/t14-,15?/m1/s1. The van der Waals surface area contributed by atoms with Crippen LogP contribution in [0.2, 0.25) is 0 Å². The molecular weight excluding hydrogens is 246 g/mol. The van der Waals surface area contributed by atoms with Gasteiger partial charge in [-0.3, -0.25) is 0 Å². The summed E-state index contributed by atoms with van der Waals surface area (Å²) in [7, 11) is 1.70. The number of benzene rings is 2. The van der Waals surface area contributed by atoms with E-state index >= 15 is 0 Å². The van der Waals surface area contributed by atoms with E-state index in [2.05, 4.69) is 62.5 Å². The van der Waals surface area contributed by atoms with Crippen LogP contribution in [0.4, 0.5) is 0 Å². The van der Waals surface area contributed by atoms with Crippen molar-refractivity contribution in [3.63, 3.8) is 0 Å². The average Bonchev–Trinajstić information content (AvgIpc) is 2.47. The summed E-state index contributed by atoms with van der Waals surface area (Å²) in [5, 5.41) is 3.65. The summed E-state index contributed by atoms with van der Waals surface area (Å²) in [6, 6.07) is 17.3. The van der Waals surface area contributed by atoms with Crippen LogP contribution in [0.5, 0.6) is 5.75 Å². The first-order chi connectivity index (χ1) is 9.61. The molecule has 0 spiro atoms. The van der Waals surface area contributed by atoms with Gasteiger partial charge in [-0.2, -0.15) is 0 Å². The number of methoxy groups -OCH3 is 1. The first-order valence-electron chi connectivity index (χ1n) is 7.07. The zero-order valence-electron chi connectivity index (χ0n) is 12.7. The fourth-order valence-corrected chi connectivity index (χ4v) is 2.54. The van der Waals surface area contributed by atoms with Crippen LogP contribution in [0.15, 0.2) is 48.5 Å². The van der Waals surface area contributed by atoms with Gasteiger partial charge >= 0.3 is 0 Å². The van der Waals surface area contributed by atoms with Gasteiger partial charge in [0, 0.05) is 12.1 Å². The van der Waals surface area contributed by atoms with E-state index in [-0.39, 0.29) is 6.04 Å². The SMILES string of the molecule is COc1cccc([C@@H](C)NC(C)c2ccccc2C)c1. The maximum Gasteiger partial charge on any atom is 0.119 e. The van der Waals surface area contributed by atoms with Crippen molar-refractivity contribution in [3.8, 4) is 5.75 Å². The van der Waals surface area contributed by atoms with Gasteiger partial charge in [-0.25, -0.2) is 0 Å². The second-order valence-corrected chi connectivity index (χ2v) is 5.24. The highest BCUT2D eigenvalue weighted by Crippen LogP contribution is 2.23. The zero-order chi connectivity index (χ0) is 14.5. The van der Waals surface area contributed by atoms with Gasteiger partial charge in [-0.1, -0.05) is 36.4 Å². The molecule has 20 heavy (non-hydrogen) atoms. The second kappa shape index (κ2) is 6.58.